The third-order valence-corrected chi connectivity index (χ3v) is 4.12. The number of benzene rings is 2. The molecule has 5 nitrogen and oxygen atoms in total. The summed E-state index contributed by atoms with van der Waals surface area (Å²) in [4.78, 5) is 12.6. The Morgan fingerprint density at radius 2 is 1.77 bits per heavy atom. The van der Waals surface area contributed by atoms with Gasteiger partial charge in [0.2, 0.25) is 5.76 Å². The molecule has 0 fully saturated rings. The zero-order valence-electron chi connectivity index (χ0n) is 14.4. The second-order valence-electron chi connectivity index (χ2n) is 6.06. The highest BCUT2D eigenvalue weighted by atomic mass is 19.1. The van der Waals surface area contributed by atoms with Crippen LogP contribution in [0.25, 0.3) is 11.3 Å². The number of rotatable bonds is 5. The maximum Gasteiger partial charge on any atom is 0.290 e. The number of hydrogen-bond acceptors (Lipinski definition) is 4. The van der Waals surface area contributed by atoms with Crippen molar-refractivity contribution < 1.29 is 18.8 Å². The highest BCUT2D eigenvalue weighted by Crippen LogP contribution is 2.31. The topological polar surface area (TPSA) is 75.4 Å². The molecule has 1 aromatic heterocycles. The molecule has 2 aromatic carbocycles. The molecule has 0 saturated carbocycles. The summed E-state index contributed by atoms with van der Waals surface area (Å²) in [5, 5.41) is 16.9. The van der Waals surface area contributed by atoms with Crippen molar-refractivity contribution in [2.45, 2.75) is 26.0 Å². The van der Waals surface area contributed by atoms with Crippen LogP contribution in [0.5, 0.6) is 0 Å². The number of halogens is 1. The van der Waals surface area contributed by atoms with E-state index >= 15 is 0 Å². The van der Waals surface area contributed by atoms with Gasteiger partial charge in [0.25, 0.3) is 5.91 Å². The molecule has 3 aromatic rings. The van der Waals surface area contributed by atoms with Gasteiger partial charge in [-0.2, -0.15) is 0 Å². The molecule has 3 rings (SSSR count). The van der Waals surface area contributed by atoms with Crippen molar-refractivity contribution in [2.75, 3.05) is 0 Å². The van der Waals surface area contributed by atoms with E-state index < -0.39 is 12.0 Å². The van der Waals surface area contributed by atoms with Crippen LogP contribution < -0.4 is 5.32 Å². The number of aromatic nitrogens is 1. The number of aliphatic hydroxyl groups excluding tert-OH is 1. The third-order valence-electron chi connectivity index (χ3n) is 4.12. The number of carbonyl (C=O) groups excluding carboxylic acids is 1. The maximum atomic E-state index is 13.1. The summed E-state index contributed by atoms with van der Waals surface area (Å²) in [7, 11) is 0. The van der Waals surface area contributed by atoms with Crippen LogP contribution in [0.3, 0.4) is 0 Å². The molecule has 0 bridgehead atoms. The van der Waals surface area contributed by atoms with Crippen LogP contribution >= 0.6 is 0 Å². The normalized spacial score (nSPS) is 13.2. The van der Waals surface area contributed by atoms with E-state index in [9.17, 15) is 14.3 Å². The van der Waals surface area contributed by atoms with Gasteiger partial charge in [0.15, 0.2) is 0 Å². The predicted octanol–water partition coefficient (Wildman–Crippen LogP) is 4.03. The predicted molar refractivity (Wildman–Crippen MR) is 94.9 cm³/mol. The van der Waals surface area contributed by atoms with E-state index in [1.165, 1.54) is 31.2 Å². The van der Waals surface area contributed by atoms with Gasteiger partial charge in [-0.1, -0.05) is 35.5 Å². The lowest BCUT2D eigenvalue weighted by atomic mass is 10.0. The lowest BCUT2D eigenvalue weighted by molar-refractivity contribution is 0.0894. The Kier molecular flexibility index (Phi) is 5.14. The second-order valence-corrected chi connectivity index (χ2v) is 6.06. The van der Waals surface area contributed by atoms with Crippen molar-refractivity contribution in [3.63, 3.8) is 0 Å². The van der Waals surface area contributed by atoms with Crippen LogP contribution in [-0.4, -0.2) is 16.2 Å². The highest BCUT2D eigenvalue weighted by Gasteiger charge is 2.27. The Labute approximate surface area is 150 Å². The van der Waals surface area contributed by atoms with Crippen LogP contribution in [-0.2, 0) is 0 Å². The molecule has 1 heterocycles. The van der Waals surface area contributed by atoms with Gasteiger partial charge in [-0.05, 0) is 43.7 Å². The van der Waals surface area contributed by atoms with E-state index in [1.54, 1.807) is 0 Å². The van der Waals surface area contributed by atoms with Crippen LogP contribution in [0, 0.1) is 5.82 Å². The first-order valence-corrected chi connectivity index (χ1v) is 8.26. The molecule has 0 radical (unpaired) electrons. The standard InChI is InChI=1S/C20H19FN2O3/c1-12(14-6-4-3-5-7-14)22-20(25)19-17(13(2)24)18(23-26-19)15-8-10-16(21)11-9-15/h3-13,24H,1-2H3,(H,22,25). The Morgan fingerprint density at radius 3 is 2.38 bits per heavy atom. The van der Waals surface area contributed by atoms with Gasteiger partial charge < -0.3 is 14.9 Å². The summed E-state index contributed by atoms with van der Waals surface area (Å²) in [6.07, 6.45) is -0.978. The fourth-order valence-corrected chi connectivity index (χ4v) is 2.75. The summed E-state index contributed by atoms with van der Waals surface area (Å²) < 4.78 is 18.4. The van der Waals surface area contributed by atoms with Crippen molar-refractivity contribution in [3.05, 3.63) is 77.3 Å². The maximum absolute atomic E-state index is 13.1. The van der Waals surface area contributed by atoms with E-state index in [4.69, 9.17) is 4.52 Å². The lowest BCUT2D eigenvalue weighted by Crippen LogP contribution is -2.27. The molecule has 0 aliphatic carbocycles. The first-order chi connectivity index (χ1) is 12.5. The first kappa shape index (κ1) is 17.8. The number of carbonyl (C=O) groups is 1. The minimum absolute atomic E-state index is 0.0536. The van der Waals surface area contributed by atoms with Gasteiger partial charge in [0.05, 0.1) is 17.7 Å². The fourth-order valence-electron chi connectivity index (χ4n) is 2.75. The molecule has 134 valence electrons. The molecular weight excluding hydrogens is 335 g/mol. The van der Waals surface area contributed by atoms with E-state index in [-0.39, 0.29) is 23.2 Å². The van der Waals surface area contributed by atoms with Gasteiger partial charge in [-0.25, -0.2) is 4.39 Å². The van der Waals surface area contributed by atoms with Crippen molar-refractivity contribution in [3.8, 4) is 11.3 Å². The molecule has 0 spiro atoms. The van der Waals surface area contributed by atoms with E-state index in [0.717, 1.165) is 5.56 Å². The molecule has 0 aliphatic heterocycles. The number of aliphatic hydroxyl groups is 1. The zero-order chi connectivity index (χ0) is 18.7. The van der Waals surface area contributed by atoms with E-state index in [2.05, 4.69) is 10.5 Å². The van der Waals surface area contributed by atoms with Crippen molar-refractivity contribution >= 4 is 5.91 Å². The second kappa shape index (κ2) is 7.49. The number of nitrogens with one attached hydrogen (secondary N) is 1. The minimum Gasteiger partial charge on any atom is -0.388 e. The zero-order valence-corrected chi connectivity index (χ0v) is 14.4. The molecule has 1 amide bonds. The van der Waals surface area contributed by atoms with Crippen LogP contribution in [0.4, 0.5) is 4.39 Å². The Hall–Kier alpha value is -2.99. The molecule has 6 heteroatoms. The average Bonchev–Trinajstić information content (AvgIpc) is 3.08. The molecule has 2 atom stereocenters. The van der Waals surface area contributed by atoms with Gasteiger partial charge >= 0.3 is 0 Å². The summed E-state index contributed by atoms with van der Waals surface area (Å²) in [6.45, 7) is 3.38. The average molecular weight is 354 g/mol. The van der Waals surface area contributed by atoms with Crippen molar-refractivity contribution in [1.29, 1.82) is 0 Å². The third kappa shape index (κ3) is 3.65. The van der Waals surface area contributed by atoms with Crippen molar-refractivity contribution in [1.82, 2.24) is 10.5 Å². The Morgan fingerprint density at radius 1 is 1.12 bits per heavy atom. The first-order valence-electron chi connectivity index (χ1n) is 8.26. The van der Waals surface area contributed by atoms with E-state index in [0.29, 0.717) is 11.3 Å². The van der Waals surface area contributed by atoms with Crippen LogP contribution in [0.1, 0.15) is 47.7 Å². The minimum atomic E-state index is -0.978. The highest BCUT2D eigenvalue weighted by molar-refractivity contribution is 5.94. The summed E-state index contributed by atoms with van der Waals surface area (Å²) in [5.74, 6) is -0.911. The fraction of sp³-hybridized carbons (Fsp3) is 0.200. The Bertz CT molecular complexity index is 889. The molecule has 0 aliphatic rings. The van der Waals surface area contributed by atoms with E-state index in [1.807, 2.05) is 37.3 Å². The molecule has 2 N–H and O–H groups in total. The summed E-state index contributed by atoms with van der Waals surface area (Å²) in [5.41, 5.74) is 2.09. The molecule has 2 unspecified atom stereocenters. The summed E-state index contributed by atoms with van der Waals surface area (Å²) in [6, 6.07) is 14.9. The van der Waals surface area contributed by atoms with Gasteiger partial charge in [-0.15, -0.1) is 0 Å². The summed E-state index contributed by atoms with van der Waals surface area (Å²) >= 11 is 0. The number of hydrogen-bond donors (Lipinski definition) is 2. The molecular formula is C20H19FN2O3. The lowest BCUT2D eigenvalue weighted by Gasteiger charge is -2.14. The van der Waals surface area contributed by atoms with Gasteiger partial charge in [-0.3, -0.25) is 4.79 Å². The monoisotopic (exact) mass is 354 g/mol. The molecule has 0 saturated heterocycles. The van der Waals surface area contributed by atoms with Gasteiger partial charge in [0.1, 0.15) is 11.5 Å². The quantitative estimate of drug-likeness (QED) is 0.725. The van der Waals surface area contributed by atoms with Gasteiger partial charge in [0, 0.05) is 5.56 Å². The number of amides is 1. The smallest absolute Gasteiger partial charge is 0.290 e. The SMILES string of the molecule is CC(O)c1c(-c2ccc(F)cc2)noc1C(=O)NC(C)c1ccccc1. The number of nitrogens with zero attached hydrogens (tertiary/aromatic N) is 1. The van der Waals surface area contributed by atoms with Crippen LogP contribution in [0.15, 0.2) is 59.1 Å². The van der Waals surface area contributed by atoms with Crippen LogP contribution in [0.2, 0.25) is 0 Å². The largest absolute Gasteiger partial charge is 0.388 e. The molecule has 26 heavy (non-hydrogen) atoms. The van der Waals surface area contributed by atoms with Crippen molar-refractivity contribution in [2.24, 2.45) is 0 Å². The Balaban J connectivity index is 1.90.